The second-order valence-corrected chi connectivity index (χ2v) is 11.9. The minimum Gasteiger partial charge on any atom is -0.381 e. The predicted octanol–water partition coefficient (Wildman–Crippen LogP) is 12.6. The lowest BCUT2D eigenvalue weighted by molar-refractivity contribution is 0.127. The van der Waals surface area contributed by atoms with Gasteiger partial charge in [0, 0.05) is 13.2 Å². The molecule has 0 bridgehead atoms. The van der Waals surface area contributed by atoms with Gasteiger partial charge < -0.3 is 10.1 Å². The van der Waals surface area contributed by atoms with E-state index >= 15 is 0 Å². The zero-order chi connectivity index (χ0) is 29.6. The Kier molecular flexibility index (Phi) is 37.8. The average molecular weight is 572 g/mol. The molecule has 0 radical (unpaired) electrons. The zero-order valence-electron chi connectivity index (χ0n) is 28.0. The third-order valence-corrected chi connectivity index (χ3v) is 7.69. The van der Waals surface area contributed by atoms with Crippen LogP contribution in [0.5, 0.6) is 0 Å². The topological polar surface area (TPSA) is 21.3 Å². The minimum absolute atomic E-state index is 0.914. The van der Waals surface area contributed by atoms with Crippen LogP contribution in [0.4, 0.5) is 0 Å². The van der Waals surface area contributed by atoms with Crippen LogP contribution in [0.25, 0.3) is 0 Å². The Balaban J connectivity index is 3.14. The van der Waals surface area contributed by atoms with E-state index in [4.69, 9.17) is 4.74 Å². The minimum atomic E-state index is 0.914. The van der Waals surface area contributed by atoms with E-state index in [1.54, 1.807) is 0 Å². The molecule has 2 heteroatoms. The normalized spacial score (nSPS) is 12.3. The number of unbranched alkanes of at least 4 members (excludes halogenated alkanes) is 18. The van der Waals surface area contributed by atoms with Gasteiger partial charge in [0.1, 0.15) is 0 Å². The van der Waals surface area contributed by atoms with Crippen LogP contribution in [0.2, 0.25) is 0 Å². The van der Waals surface area contributed by atoms with Gasteiger partial charge in [-0.1, -0.05) is 140 Å². The summed E-state index contributed by atoms with van der Waals surface area (Å²) < 4.78 is 5.83. The fourth-order valence-corrected chi connectivity index (χ4v) is 4.96. The van der Waals surface area contributed by atoms with Crippen molar-refractivity contribution in [2.24, 2.45) is 0 Å². The van der Waals surface area contributed by atoms with E-state index in [0.29, 0.717) is 0 Å². The van der Waals surface area contributed by atoms with Crippen molar-refractivity contribution in [2.45, 2.75) is 174 Å². The van der Waals surface area contributed by atoms with Crippen molar-refractivity contribution >= 4 is 0 Å². The van der Waals surface area contributed by atoms with Gasteiger partial charge in [0.05, 0.1) is 0 Å². The molecule has 0 aromatic heterocycles. The molecule has 0 aromatic carbocycles. The Hall–Kier alpha value is -1.12. The quantitative estimate of drug-likeness (QED) is 0.0612. The number of rotatable bonds is 34. The predicted molar refractivity (Wildman–Crippen MR) is 187 cm³/mol. The van der Waals surface area contributed by atoms with E-state index in [9.17, 15) is 0 Å². The van der Waals surface area contributed by atoms with Gasteiger partial charge in [-0.2, -0.15) is 0 Å². The first-order valence-electron chi connectivity index (χ1n) is 18.3. The summed E-state index contributed by atoms with van der Waals surface area (Å²) in [6.07, 6.45) is 51.4. The first-order chi connectivity index (χ1) is 20.4. The Bertz CT molecular complexity index is 526. The van der Waals surface area contributed by atoms with Gasteiger partial charge in [-0.15, -0.1) is 0 Å². The molecule has 0 aromatic rings. The van der Waals surface area contributed by atoms with Crippen molar-refractivity contribution in [1.82, 2.24) is 5.32 Å². The van der Waals surface area contributed by atoms with Gasteiger partial charge in [0.15, 0.2) is 0 Å². The van der Waals surface area contributed by atoms with E-state index in [2.05, 4.69) is 67.8 Å². The summed E-state index contributed by atoms with van der Waals surface area (Å²) >= 11 is 0. The van der Waals surface area contributed by atoms with Crippen molar-refractivity contribution in [3.05, 3.63) is 48.6 Å². The molecule has 0 spiro atoms. The molecule has 0 atom stereocenters. The summed E-state index contributed by atoms with van der Waals surface area (Å²) in [5.74, 6) is 0. The van der Waals surface area contributed by atoms with E-state index in [1.165, 1.54) is 148 Å². The molecule has 240 valence electrons. The number of ether oxygens (including phenoxy) is 1. The number of hydrogen-bond donors (Lipinski definition) is 1. The highest BCUT2D eigenvalue weighted by Gasteiger charge is 1.94. The smallest absolute Gasteiger partial charge is 0.0478 e. The maximum Gasteiger partial charge on any atom is 0.0478 e. The first-order valence-corrected chi connectivity index (χ1v) is 18.3. The molecule has 0 fully saturated rings. The van der Waals surface area contributed by atoms with Gasteiger partial charge in [0.25, 0.3) is 0 Å². The molecule has 0 rings (SSSR count). The molecule has 0 saturated carbocycles. The molecule has 0 unspecified atom stereocenters. The van der Waals surface area contributed by atoms with Crippen LogP contribution in [0.1, 0.15) is 174 Å². The monoisotopic (exact) mass is 572 g/mol. The van der Waals surface area contributed by atoms with Crippen molar-refractivity contribution in [1.29, 1.82) is 0 Å². The lowest BCUT2D eigenvalue weighted by Gasteiger charge is -2.06. The summed E-state index contributed by atoms with van der Waals surface area (Å²) in [5.41, 5.74) is 0. The molecule has 0 aliphatic rings. The maximum atomic E-state index is 5.83. The number of nitrogens with one attached hydrogen (secondary N) is 1. The van der Waals surface area contributed by atoms with Gasteiger partial charge in [-0.25, -0.2) is 0 Å². The van der Waals surface area contributed by atoms with Crippen LogP contribution in [0.3, 0.4) is 0 Å². The molecule has 2 nitrogen and oxygen atoms in total. The van der Waals surface area contributed by atoms with Crippen molar-refractivity contribution in [3.8, 4) is 0 Å². The Morgan fingerprint density at radius 2 is 0.732 bits per heavy atom. The van der Waals surface area contributed by atoms with Crippen LogP contribution in [-0.4, -0.2) is 26.3 Å². The molecule has 0 aliphatic carbocycles. The molecule has 0 saturated heterocycles. The van der Waals surface area contributed by atoms with E-state index < -0.39 is 0 Å². The van der Waals surface area contributed by atoms with Crippen molar-refractivity contribution in [3.63, 3.8) is 0 Å². The lowest BCUT2D eigenvalue weighted by Crippen LogP contribution is -2.18. The molecular formula is C39H73NO. The fourth-order valence-electron chi connectivity index (χ4n) is 4.96. The fraction of sp³-hybridized carbons (Fsp3) is 0.795. The van der Waals surface area contributed by atoms with Gasteiger partial charge in [-0.3, -0.25) is 0 Å². The summed E-state index contributed by atoms with van der Waals surface area (Å²) in [7, 11) is 0. The van der Waals surface area contributed by atoms with Crippen molar-refractivity contribution in [2.75, 3.05) is 26.3 Å². The number of allylic oxidation sites excluding steroid dienone is 8. The highest BCUT2D eigenvalue weighted by atomic mass is 16.5. The highest BCUT2D eigenvalue weighted by Crippen LogP contribution is 2.09. The van der Waals surface area contributed by atoms with Crippen LogP contribution >= 0.6 is 0 Å². The Labute approximate surface area is 259 Å². The molecule has 41 heavy (non-hydrogen) atoms. The van der Waals surface area contributed by atoms with Crippen LogP contribution < -0.4 is 5.32 Å². The molecule has 0 heterocycles. The average Bonchev–Trinajstić information content (AvgIpc) is 2.98. The van der Waals surface area contributed by atoms with Gasteiger partial charge >= 0.3 is 0 Å². The Morgan fingerprint density at radius 3 is 1.22 bits per heavy atom. The molecular weight excluding hydrogens is 498 g/mol. The maximum absolute atomic E-state index is 5.83. The van der Waals surface area contributed by atoms with E-state index in [1.807, 2.05) is 0 Å². The summed E-state index contributed by atoms with van der Waals surface area (Å²) in [5, 5.41) is 3.59. The van der Waals surface area contributed by atoms with Crippen LogP contribution in [-0.2, 0) is 4.74 Å². The van der Waals surface area contributed by atoms with E-state index in [-0.39, 0.29) is 0 Å². The third kappa shape index (κ3) is 38.9. The van der Waals surface area contributed by atoms with Gasteiger partial charge in [0.2, 0.25) is 0 Å². The standard InChI is InChI=1S/C39H73NO/c1-3-5-7-9-11-13-15-17-19-21-23-25-27-29-31-33-36-40-37-35-39-41-38-34-32-30-28-26-24-22-20-18-16-14-12-10-8-6-4-2/h11-14,17-20,40H,3-10,15-16,21-39H2,1-2H3/b13-11-,14-12-,19-17-,20-18-. The van der Waals surface area contributed by atoms with Crippen molar-refractivity contribution < 1.29 is 4.74 Å². The second-order valence-electron chi connectivity index (χ2n) is 11.9. The van der Waals surface area contributed by atoms with E-state index in [0.717, 1.165) is 39.0 Å². The van der Waals surface area contributed by atoms with Crippen LogP contribution in [0, 0.1) is 0 Å². The second kappa shape index (κ2) is 38.9. The lowest BCUT2D eigenvalue weighted by atomic mass is 10.1. The third-order valence-electron chi connectivity index (χ3n) is 7.69. The number of hydrogen-bond acceptors (Lipinski definition) is 2. The van der Waals surface area contributed by atoms with Gasteiger partial charge in [-0.05, 0) is 96.6 Å². The molecule has 0 aliphatic heterocycles. The largest absolute Gasteiger partial charge is 0.381 e. The highest BCUT2D eigenvalue weighted by molar-refractivity contribution is 4.93. The Morgan fingerprint density at radius 1 is 0.366 bits per heavy atom. The summed E-state index contributed by atoms with van der Waals surface area (Å²) in [4.78, 5) is 0. The van der Waals surface area contributed by atoms with Crippen LogP contribution in [0.15, 0.2) is 48.6 Å². The first kappa shape index (κ1) is 39.9. The zero-order valence-corrected chi connectivity index (χ0v) is 28.0. The molecule has 1 N–H and O–H groups in total. The molecule has 0 amide bonds. The summed E-state index contributed by atoms with van der Waals surface area (Å²) in [6.45, 7) is 8.66. The SMILES string of the molecule is CCCCC/C=C\C/C=C\CCCCCCCCNCCCOCCCCCCCC/C=C\C/C=C\CCCCC. The summed E-state index contributed by atoms with van der Waals surface area (Å²) in [6, 6.07) is 0.